The summed E-state index contributed by atoms with van der Waals surface area (Å²) < 4.78 is 5.77. The largest absolute Gasteiger partial charge is 0.481 e. The molecule has 3 nitrogen and oxygen atoms in total. The van der Waals surface area contributed by atoms with Crippen LogP contribution in [0.1, 0.15) is 5.56 Å². The highest BCUT2D eigenvalue weighted by Crippen LogP contribution is 2.26. The fourth-order valence-electron chi connectivity index (χ4n) is 2.33. The van der Waals surface area contributed by atoms with Crippen molar-refractivity contribution in [2.75, 3.05) is 0 Å². The lowest BCUT2D eigenvalue weighted by molar-refractivity contribution is -0.136. The van der Waals surface area contributed by atoms with Gasteiger partial charge in [-0.15, -0.1) is 0 Å². The topological polar surface area (TPSA) is 46.5 Å². The van der Waals surface area contributed by atoms with Crippen molar-refractivity contribution in [2.24, 2.45) is 0 Å². The zero-order valence-electron chi connectivity index (χ0n) is 12.5. The highest BCUT2D eigenvalue weighted by Gasteiger charge is 2.03. The smallest absolute Gasteiger partial charge is 0.307 e. The van der Waals surface area contributed by atoms with Crippen LogP contribution in [0.5, 0.6) is 11.5 Å². The molecule has 3 rings (SSSR count). The van der Waals surface area contributed by atoms with Gasteiger partial charge in [-0.3, -0.25) is 4.79 Å². The van der Waals surface area contributed by atoms with Crippen LogP contribution in [0.4, 0.5) is 0 Å². The van der Waals surface area contributed by atoms with Crippen LogP contribution in [0.25, 0.3) is 11.1 Å². The summed E-state index contributed by atoms with van der Waals surface area (Å²) in [6.07, 6.45) is 0.0458. The molecule has 3 heteroatoms. The summed E-state index contributed by atoms with van der Waals surface area (Å²) in [5.41, 5.74) is 2.91. The van der Waals surface area contributed by atoms with Crippen molar-refractivity contribution in [1.29, 1.82) is 0 Å². The van der Waals surface area contributed by atoms with E-state index in [-0.39, 0.29) is 6.42 Å². The van der Waals surface area contributed by atoms with E-state index >= 15 is 0 Å². The maximum Gasteiger partial charge on any atom is 0.307 e. The molecule has 3 aromatic carbocycles. The van der Waals surface area contributed by atoms with E-state index in [0.29, 0.717) is 0 Å². The molecule has 0 aliphatic rings. The van der Waals surface area contributed by atoms with Crippen LogP contribution < -0.4 is 4.74 Å². The van der Waals surface area contributed by atoms with E-state index in [9.17, 15) is 4.79 Å². The summed E-state index contributed by atoms with van der Waals surface area (Å²) in [7, 11) is 0. The molecule has 0 bridgehead atoms. The molecular weight excluding hydrogens is 288 g/mol. The van der Waals surface area contributed by atoms with E-state index in [1.165, 1.54) is 0 Å². The quantitative estimate of drug-likeness (QED) is 0.738. The SMILES string of the molecule is O=C(O)Cc1ccc(-c2ccc(Oc3ccccc3)cc2)cc1. The number of carboxylic acid groups (broad SMARTS) is 1. The first-order chi connectivity index (χ1) is 11.2. The number of aliphatic carboxylic acids is 1. The van der Waals surface area contributed by atoms with E-state index in [4.69, 9.17) is 9.84 Å². The summed E-state index contributed by atoms with van der Waals surface area (Å²) in [4.78, 5) is 10.7. The number of ether oxygens (including phenoxy) is 1. The minimum Gasteiger partial charge on any atom is -0.481 e. The Morgan fingerprint density at radius 3 is 1.83 bits per heavy atom. The number of para-hydroxylation sites is 1. The molecule has 0 amide bonds. The van der Waals surface area contributed by atoms with Crippen molar-refractivity contribution in [3.63, 3.8) is 0 Å². The van der Waals surface area contributed by atoms with Crippen LogP contribution in [0.15, 0.2) is 78.9 Å². The van der Waals surface area contributed by atoms with Crippen LogP contribution in [0, 0.1) is 0 Å². The third-order valence-corrected chi connectivity index (χ3v) is 3.48. The van der Waals surface area contributed by atoms with Gasteiger partial charge in [-0.25, -0.2) is 0 Å². The molecule has 0 atom stereocenters. The maximum absolute atomic E-state index is 10.7. The van der Waals surface area contributed by atoms with Gasteiger partial charge in [0.1, 0.15) is 11.5 Å². The third-order valence-electron chi connectivity index (χ3n) is 3.48. The predicted molar refractivity (Wildman–Crippen MR) is 89.7 cm³/mol. The number of hydrogen-bond acceptors (Lipinski definition) is 2. The van der Waals surface area contributed by atoms with Crippen LogP contribution in [0.3, 0.4) is 0 Å². The van der Waals surface area contributed by atoms with Crippen LogP contribution in [-0.4, -0.2) is 11.1 Å². The van der Waals surface area contributed by atoms with E-state index < -0.39 is 5.97 Å². The first-order valence-electron chi connectivity index (χ1n) is 7.35. The molecule has 114 valence electrons. The van der Waals surface area contributed by atoms with Crippen LogP contribution >= 0.6 is 0 Å². The van der Waals surface area contributed by atoms with Gasteiger partial charge in [0.2, 0.25) is 0 Å². The van der Waals surface area contributed by atoms with Gasteiger partial charge >= 0.3 is 5.97 Å². The van der Waals surface area contributed by atoms with E-state index in [1.54, 1.807) is 0 Å². The Morgan fingerprint density at radius 1 is 0.739 bits per heavy atom. The van der Waals surface area contributed by atoms with Gasteiger partial charge in [0.05, 0.1) is 6.42 Å². The monoisotopic (exact) mass is 304 g/mol. The normalized spacial score (nSPS) is 10.3. The predicted octanol–water partition coefficient (Wildman–Crippen LogP) is 4.77. The Labute approximate surface area is 134 Å². The van der Waals surface area contributed by atoms with Gasteiger partial charge < -0.3 is 9.84 Å². The minimum atomic E-state index is -0.819. The molecule has 0 unspecified atom stereocenters. The van der Waals surface area contributed by atoms with Gasteiger partial charge in [0.25, 0.3) is 0 Å². The lowest BCUT2D eigenvalue weighted by Gasteiger charge is -2.07. The minimum absolute atomic E-state index is 0.0458. The summed E-state index contributed by atoms with van der Waals surface area (Å²) in [6, 6.07) is 25.0. The summed E-state index contributed by atoms with van der Waals surface area (Å²) >= 11 is 0. The second kappa shape index (κ2) is 6.79. The molecule has 0 heterocycles. The molecule has 1 N–H and O–H groups in total. The molecule has 0 aromatic heterocycles. The lowest BCUT2D eigenvalue weighted by atomic mass is 10.0. The molecule has 0 aliphatic carbocycles. The summed E-state index contributed by atoms with van der Waals surface area (Å²) in [5.74, 6) is 0.765. The van der Waals surface area contributed by atoms with Gasteiger partial charge in [0.15, 0.2) is 0 Å². The average Bonchev–Trinajstić information content (AvgIpc) is 2.57. The fraction of sp³-hybridized carbons (Fsp3) is 0.0500. The van der Waals surface area contributed by atoms with Crippen molar-refractivity contribution in [2.45, 2.75) is 6.42 Å². The Bertz CT molecular complexity index is 775. The first kappa shape index (κ1) is 14.9. The van der Waals surface area contributed by atoms with Gasteiger partial charge in [-0.2, -0.15) is 0 Å². The maximum atomic E-state index is 10.7. The summed E-state index contributed by atoms with van der Waals surface area (Å²) in [5, 5.41) is 8.79. The Morgan fingerprint density at radius 2 is 1.26 bits per heavy atom. The highest BCUT2D eigenvalue weighted by molar-refractivity contribution is 5.71. The molecule has 0 saturated heterocycles. The van der Waals surface area contributed by atoms with Crippen LogP contribution in [-0.2, 0) is 11.2 Å². The van der Waals surface area contributed by atoms with Crippen molar-refractivity contribution in [3.8, 4) is 22.6 Å². The van der Waals surface area contributed by atoms with Gasteiger partial charge in [-0.05, 0) is 41.0 Å². The number of benzene rings is 3. The summed E-state index contributed by atoms with van der Waals surface area (Å²) in [6.45, 7) is 0. The Hall–Kier alpha value is -3.07. The number of rotatable bonds is 5. The zero-order chi connectivity index (χ0) is 16.1. The van der Waals surface area contributed by atoms with E-state index in [1.807, 2.05) is 78.9 Å². The van der Waals surface area contributed by atoms with E-state index in [2.05, 4.69) is 0 Å². The molecule has 23 heavy (non-hydrogen) atoms. The number of hydrogen-bond donors (Lipinski definition) is 1. The second-order valence-electron chi connectivity index (χ2n) is 5.21. The molecule has 0 fully saturated rings. The highest BCUT2D eigenvalue weighted by atomic mass is 16.5. The zero-order valence-corrected chi connectivity index (χ0v) is 12.5. The molecule has 0 spiro atoms. The number of carbonyl (C=O) groups is 1. The van der Waals surface area contributed by atoms with Crippen LogP contribution in [0.2, 0.25) is 0 Å². The average molecular weight is 304 g/mol. The molecular formula is C20H16O3. The van der Waals surface area contributed by atoms with Gasteiger partial charge in [-0.1, -0.05) is 54.6 Å². The molecule has 0 saturated carbocycles. The Balaban J connectivity index is 1.73. The first-order valence-corrected chi connectivity index (χ1v) is 7.35. The standard InChI is InChI=1S/C20H16O3/c21-20(22)14-15-6-8-16(9-7-15)17-10-12-19(13-11-17)23-18-4-2-1-3-5-18/h1-13H,14H2,(H,21,22). The molecule has 0 radical (unpaired) electrons. The lowest BCUT2D eigenvalue weighted by Crippen LogP contribution is -1.99. The van der Waals surface area contributed by atoms with Gasteiger partial charge in [0, 0.05) is 0 Å². The molecule has 0 aliphatic heterocycles. The third kappa shape index (κ3) is 3.98. The van der Waals surface area contributed by atoms with Crippen molar-refractivity contribution < 1.29 is 14.6 Å². The molecule has 3 aromatic rings. The van der Waals surface area contributed by atoms with E-state index in [0.717, 1.165) is 28.2 Å². The van der Waals surface area contributed by atoms with Crippen molar-refractivity contribution in [1.82, 2.24) is 0 Å². The fourth-order valence-corrected chi connectivity index (χ4v) is 2.33. The van der Waals surface area contributed by atoms with Crippen molar-refractivity contribution >= 4 is 5.97 Å². The second-order valence-corrected chi connectivity index (χ2v) is 5.21. The van der Waals surface area contributed by atoms with Crippen molar-refractivity contribution in [3.05, 3.63) is 84.4 Å². The number of carboxylic acids is 1. The Kier molecular flexibility index (Phi) is 4.39.